The van der Waals surface area contributed by atoms with Gasteiger partial charge < -0.3 is 9.64 Å². The van der Waals surface area contributed by atoms with Gasteiger partial charge >= 0.3 is 11.9 Å². The zero-order chi connectivity index (χ0) is 12.8. The summed E-state index contributed by atoms with van der Waals surface area (Å²) in [5.41, 5.74) is 1.11. The molecule has 0 bridgehead atoms. The number of hydrogen-bond donors (Lipinski definition) is 0. The predicted molar refractivity (Wildman–Crippen MR) is 67.5 cm³/mol. The third-order valence-corrected chi connectivity index (χ3v) is 2.88. The maximum Gasteiger partial charge on any atom is 0.396 e. The summed E-state index contributed by atoms with van der Waals surface area (Å²) < 4.78 is 5.38. The Morgan fingerprint density at radius 1 is 1.29 bits per heavy atom. The molecule has 0 aromatic heterocycles. The van der Waals surface area contributed by atoms with E-state index in [2.05, 4.69) is 20.7 Å². The van der Waals surface area contributed by atoms with E-state index in [9.17, 15) is 9.59 Å². The number of methoxy groups -OCH3 is 1. The monoisotopic (exact) mass is 299 g/mol. The van der Waals surface area contributed by atoms with Crippen molar-refractivity contribution in [3.8, 4) is 0 Å². The zero-order valence-electron chi connectivity index (χ0n) is 9.77. The Kier molecular flexibility index (Phi) is 5.15. The van der Waals surface area contributed by atoms with Gasteiger partial charge in [0.05, 0.1) is 7.11 Å². The second-order valence-corrected chi connectivity index (χ2v) is 4.51. The fraction of sp³-hybridized carbons (Fsp3) is 0.333. The van der Waals surface area contributed by atoms with Gasteiger partial charge in [0.2, 0.25) is 0 Å². The molecule has 4 nitrogen and oxygen atoms in total. The number of amides is 1. The zero-order valence-corrected chi connectivity index (χ0v) is 11.4. The Labute approximate surface area is 109 Å². The molecule has 0 aliphatic carbocycles. The summed E-state index contributed by atoms with van der Waals surface area (Å²) in [5, 5.41) is 0. The van der Waals surface area contributed by atoms with Crippen LogP contribution in [0, 0.1) is 0 Å². The van der Waals surface area contributed by atoms with Gasteiger partial charge in [0.1, 0.15) is 0 Å². The molecule has 0 unspecified atom stereocenters. The Morgan fingerprint density at radius 2 is 1.88 bits per heavy atom. The molecule has 0 saturated carbocycles. The molecule has 0 spiro atoms. The first-order valence-electron chi connectivity index (χ1n) is 5.12. The van der Waals surface area contributed by atoms with Crippen LogP contribution in [0.1, 0.15) is 5.56 Å². The van der Waals surface area contributed by atoms with E-state index in [0.29, 0.717) is 13.0 Å². The van der Waals surface area contributed by atoms with Crippen molar-refractivity contribution < 1.29 is 14.3 Å². The van der Waals surface area contributed by atoms with E-state index < -0.39 is 11.9 Å². The number of benzene rings is 1. The molecule has 0 fully saturated rings. The van der Waals surface area contributed by atoms with E-state index in [-0.39, 0.29) is 0 Å². The average Bonchev–Trinajstić information content (AvgIpc) is 2.35. The van der Waals surface area contributed by atoms with Gasteiger partial charge in [0.15, 0.2) is 0 Å². The number of halogens is 1. The molecule has 92 valence electrons. The summed E-state index contributed by atoms with van der Waals surface area (Å²) in [6, 6.07) is 7.83. The van der Waals surface area contributed by atoms with Gasteiger partial charge in [-0.2, -0.15) is 0 Å². The van der Waals surface area contributed by atoms with Crippen LogP contribution in [-0.4, -0.2) is 37.5 Å². The predicted octanol–water partition coefficient (Wildman–Crippen LogP) is 1.62. The van der Waals surface area contributed by atoms with Crippen LogP contribution in [0.25, 0.3) is 0 Å². The summed E-state index contributed by atoms with van der Waals surface area (Å²) in [4.78, 5) is 23.7. The van der Waals surface area contributed by atoms with Gasteiger partial charge in [-0.3, -0.25) is 4.79 Å². The maximum absolute atomic E-state index is 11.4. The molecule has 17 heavy (non-hydrogen) atoms. The van der Waals surface area contributed by atoms with Crippen LogP contribution in [0.15, 0.2) is 28.7 Å². The van der Waals surface area contributed by atoms with Gasteiger partial charge in [0, 0.05) is 18.1 Å². The number of rotatable bonds is 3. The lowest BCUT2D eigenvalue weighted by Gasteiger charge is -2.15. The van der Waals surface area contributed by atoms with Crippen LogP contribution in [0.3, 0.4) is 0 Å². The molecule has 0 aliphatic heterocycles. The van der Waals surface area contributed by atoms with Gasteiger partial charge in [-0.05, 0) is 24.1 Å². The molecule has 0 aliphatic rings. The fourth-order valence-electron chi connectivity index (χ4n) is 1.29. The summed E-state index contributed by atoms with van der Waals surface area (Å²) in [6.45, 7) is 0.482. The molecule has 0 saturated heterocycles. The van der Waals surface area contributed by atoms with E-state index >= 15 is 0 Å². The number of likely N-dealkylation sites (N-methyl/N-ethyl adjacent to an activating group) is 1. The molecule has 1 rings (SSSR count). The number of carbonyl (C=O) groups excluding carboxylic acids is 2. The van der Waals surface area contributed by atoms with E-state index in [4.69, 9.17) is 0 Å². The number of nitrogens with zero attached hydrogens (tertiary/aromatic N) is 1. The third kappa shape index (κ3) is 4.19. The van der Waals surface area contributed by atoms with Crippen molar-refractivity contribution in [2.45, 2.75) is 6.42 Å². The van der Waals surface area contributed by atoms with Crippen molar-refractivity contribution in [2.24, 2.45) is 0 Å². The van der Waals surface area contributed by atoms with Crippen molar-refractivity contribution in [1.29, 1.82) is 0 Å². The molecule has 1 aromatic rings. The Balaban J connectivity index is 2.48. The van der Waals surface area contributed by atoms with Gasteiger partial charge in [-0.15, -0.1) is 0 Å². The standard InChI is InChI=1S/C12H14BrNO3/c1-14(11(15)12(16)17-2)8-7-9-3-5-10(13)6-4-9/h3-6H,7-8H2,1-2H3. The van der Waals surface area contributed by atoms with Crippen LogP contribution in [0.2, 0.25) is 0 Å². The lowest BCUT2D eigenvalue weighted by atomic mass is 10.1. The van der Waals surface area contributed by atoms with Crippen molar-refractivity contribution in [2.75, 3.05) is 20.7 Å². The van der Waals surface area contributed by atoms with E-state index in [1.165, 1.54) is 12.0 Å². The number of hydrogen-bond acceptors (Lipinski definition) is 3. The molecule has 1 aromatic carbocycles. The highest BCUT2D eigenvalue weighted by atomic mass is 79.9. The van der Waals surface area contributed by atoms with Crippen LogP contribution in [0.5, 0.6) is 0 Å². The smallest absolute Gasteiger partial charge is 0.396 e. The summed E-state index contributed by atoms with van der Waals surface area (Å²) >= 11 is 3.35. The van der Waals surface area contributed by atoms with E-state index in [1.54, 1.807) is 7.05 Å². The van der Waals surface area contributed by atoms with Crippen molar-refractivity contribution in [1.82, 2.24) is 4.90 Å². The summed E-state index contributed by atoms with van der Waals surface area (Å²) in [7, 11) is 2.78. The number of esters is 1. The fourth-order valence-corrected chi connectivity index (χ4v) is 1.56. The van der Waals surface area contributed by atoms with Gasteiger partial charge in [0.25, 0.3) is 0 Å². The second-order valence-electron chi connectivity index (χ2n) is 3.59. The molecular formula is C12H14BrNO3. The van der Waals surface area contributed by atoms with E-state index in [0.717, 1.165) is 10.0 Å². The molecule has 0 radical (unpaired) electrons. The van der Waals surface area contributed by atoms with E-state index in [1.807, 2.05) is 24.3 Å². The molecular weight excluding hydrogens is 286 g/mol. The normalized spacial score (nSPS) is 9.82. The summed E-state index contributed by atoms with van der Waals surface area (Å²) in [6.07, 6.45) is 0.701. The first kappa shape index (κ1) is 13.7. The van der Waals surface area contributed by atoms with Gasteiger partial charge in [-0.25, -0.2) is 4.79 Å². The summed E-state index contributed by atoms with van der Waals surface area (Å²) in [5.74, 6) is -1.45. The number of carbonyl (C=O) groups is 2. The quantitative estimate of drug-likeness (QED) is 0.629. The molecule has 0 heterocycles. The Morgan fingerprint density at radius 3 is 2.41 bits per heavy atom. The number of ether oxygens (including phenoxy) is 1. The molecule has 0 atom stereocenters. The molecule has 5 heteroatoms. The topological polar surface area (TPSA) is 46.6 Å². The largest absolute Gasteiger partial charge is 0.462 e. The van der Waals surface area contributed by atoms with Crippen LogP contribution < -0.4 is 0 Å². The highest BCUT2D eigenvalue weighted by molar-refractivity contribution is 9.10. The Hall–Kier alpha value is -1.36. The Bertz CT molecular complexity index is 403. The highest BCUT2D eigenvalue weighted by Gasteiger charge is 2.18. The lowest BCUT2D eigenvalue weighted by molar-refractivity contribution is -0.157. The first-order chi connectivity index (χ1) is 8.04. The minimum Gasteiger partial charge on any atom is -0.462 e. The van der Waals surface area contributed by atoms with Crippen molar-refractivity contribution in [3.05, 3.63) is 34.3 Å². The minimum atomic E-state index is -0.830. The third-order valence-electron chi connectivity index (χ3n) is 2.36. The van der Waals surface area contributed by atoms with Crippen LogP contribution >= 0.6 is 15.9 Å². The van der Waals surface area contributed by atoms with Crippen LogP contribution in [0.4, 0.5) is 0 Å². The van der Waals surface area contributed by atoms with Crippen molar-refractivity contribution >= 4 is 27.8 Å². The lowest BCUT2D eigenvalue weighted by Crippen LogP contribution is -2.35. The maximum atomic E-state index is 11.4. The SMILES string of the molecule is COC(=O)C(=O)N(C)CCc1ccc(Br)cc1. The second kappa shape index (κ2) is 6.39. The highest BCUT2D eigenvalue weighted by Crippen LogP contribution is 2.11. The minimum absolute atomic E-state index is 0.482. The molecule has 0 N–H and O–H groups in total. The van der Waals surface area contributed by atoms with Gasteiger partial charge in [-0.1, -0.05) is 28.1 Å². The van der Waals surface area contributed by atoms with Crippen molar-refractivity contribution in [3.63, 3.8) is 0 Å². The first-order valence-corrected chi connectivity index (χ1v) is 5.91. The molecule has 1 amide bonds. The van der Waals surface area contributed by atoms with Crippen LogP contribution in [-0.2, 0) is 20.7 Å². The average molecular weight is 300 g/mol.